The molecule has 0 unspecified atom stereocenters. The number of hydrogen-bond acceptors (Lipinski definition) is 4. The van der Waals surface area contributed by atoms with Gasteiger partial charge in [0.05, 0.1) is 10.6 Å². The number of benzene rings is 3. The highest BCUT2D eigenvalue weighted by molar-refractivity contribution is 8.18. The van der Waals surface area contributed by atoms with Crippen molar-refractivity contribution in [2.24, 2.45) is 4.99 Å². The zero-order valence-electron chi connectivity index (χ0n) is 17.2. The topological polar surface area (TPSA) is 50.7 Å². The van der Waals surface area contributed by atoms with E-state index < -0.39 is 0 Å². The van der Waals surface area contributed by atoms with E-state index in [9.17, 15) is 4.79 Å². The Morgan fingerprint density at radius 2 is 1.84 bits per heavy atom. The van der Waals surface area contributed by atoms with Gasteiger partial charge in [0.15, 0.2) is 5.17 Å². The number of nitrogens with zero attached hydrogens (tertiary/aromatic N) is 1. The molecule has 0 radical (unpaired) electrons. The maximum atomic E-state index is 12.5. The molecule has 3 aromatic carbocycles. The molecule has 0 saturated carbocycles. The molecule has 0 spiro atoms. The Kier molecular flexibility index (Phi) is 6.44. The molecule has 0 atom stereocenters. The van der Waals surface area contributed by atoms with Crippen LogP contribution in [0.2, 0.25) is 5.02 Å². The smallest absolute Gasteiger partial charge is 0.264 e. The summed E-state index contributed by atoms with van der Waals surface area (Å²) in [5.74, 6) is 0.512. The molecule has 4 nitrogen and oxygen atoms in total. The second kappa shape index (κ2) is 9.41. The molecule has 0 aromatic heterocycles. The van der Waals surface area contributed by atoms with E-state index in [2.05, 4.69) is 10.3 Å². The monoisotopic (exact) mass is 448 g/mol. The molecule has 1 N–H and O–H groups in total. The van der Waals surface area contributed by atoms with Crippen molar-refractivity contribution in [2.45, 2.75) is 20.5 Å². The van der Waals surface area contributed by atoms with Gasteiger partial charge in [-0.2, -0.15) is 0 Å². The van der Waals surface area contributed by atoms with Crippen LogP contribution in [0.5, 0.6) is 5.75 Å². The summed E-state index contributed by atoms with van der Waals surface area (Å²) in [4.78, 5) is 17.7. The minimum Gasteiger partial charge on any atom is -0.488 e. The van der Waals surface area contributed by atoms with Gasteiger partial charge in [0.1, 0.15) is 12.4 Å². The van der Waals surface area contributed by atoms with Crippen LogP contribution in [0.25, 0.3) is 6.08 Å². The summed E-state index contributed by atoms with van der Waals surface area (Å²) in [6.45, 7) is 4.37. The normalized spacial score (nSPS) is 16.0. The Balaban J connectivity index is 1.55. The lowest BCUT2D eigenvalue weighted by molar-refractivity contribution is -0.115. The van der Waals surface area contributed by atoms with E-state index in [0.29, 0.717) is 27.5 Å². The summed E-state index contributed by atoms with van der Waals surface area (Å²) < 4.78 is 6.00. The molecule has 0 aliphatic carbocycles. The van der Waals surface area contributed by atoms with Crippen molar-refractivity contribution in [1.82, 2.24) is 5.32 Å². The maximum Gasteiger partial charge on any atom is 0.264 e. The third-order valence-corrected chi connectivity index (χ3v) is 6.06. The highest BCUT2D eigenvalue weighted by atomic mass is 35.5. The lowest BCUT2D eigenvalue weighted by Crippen LogP contribution is -2.19. The number of nitrogens with one attached hydrogen (secondary N) is 1. The van der Waals surface area contributed by atoms with E-state index in [0.717, 1.165) is 27.9 Å². The number of aryl methyl sites for hydroxylation is 2. The number of thioether (sulfide) groups is 1. The number of amidine groups is 1. The number of para-hydroxylation sites is 1. The molecule has 3 aromatic rings. The van der Waals surface area contributed by atoms with Crippen molar-refractivity contribution in [3.63, 3.8) is 0 Å². The third-order valence-electron chi connectivity index (χ3n) is 4.78. The van der Waals surface area contributed by atoms with Crippen LogP contribution in [0.15, 0.2) is 76.6 Å². The van der Waals surface area contributed by atoms with Crippen LogP contribution >= 0.6 is 23.4 Å². The summed E-state index contributed by atoms with van der Waals surface area (Å²) in [5, 5.41) is 4.08. The first kappa shape index (κ1) is 21.2. The molecule has 1 aliphatic heterocycles. The van der Waals surface area contributed by atoms with Gasteiger partial charge >= 0.3 is 0 Å². The minimum atomic E-state index is -0.171. The number of carbonyl (C=O) groups excluding carboxylic acids is 1. The Labute approximate surface area is 191 Å². The zero-order valence-corrected chi connectivity index (χ0v) is 18.8. The van der Waals surface area contributed by atoms with Crippen LogP contribution in [0, 0.1) is 13.8 Å². The number of carbonyl (C=O) groups is 1. The predicted octanol–water partition coefficient (Wildman–Crippen LogP) is 6.43. The van der Waals surface area contributed by atoms with Crippen LogP contribution in [0.1, 0.15) is 22.3 Å². The van der Waals surface area contributed by atoms with E-state index in [-0.39, 0.29) is 5.91 Å². The van der Waals surface area contributed by atoms with E-state index in [1.165, 1.54) is 11.8 Å². The Hall–Kier alpha value is -3.02. The number of ether oxygens (including phenoxy) is 1. The van der Waals surface area contributed by atoms with Crippen LogP contribution < -0.4 is 10.1 Å². The van der Waals surface area contributed by atoms with Gasteiger partial charge in [-0.25, -0.2) is 4.99 Å². The fourth-order valence-corrected chi connectivity index (χ4v) is 4.09. The Bertz CT molecular complexity index is 1200. The van der Waals surface area contributed by atoms with Gasteiger partial charge < -0.3 is 10.1 Å². The van der Waals surface area contributed by atoms with Crippen molar-refractivity contribution in [3.05, 3.63) is 98.9 Å². The summed E-state index contributed by atoms with van der Waals surface area (Å²) in [6, 6.07) is 21.3. The lowest BCUT2D eigenvalue weighted by atomic mass is 10.1. The van der Waals surface area contributed by atoms with Crippen LogP contribution in [0.4, 0.5) is 5.69 Å². The minimum absolute atomic E-state index is 0.171. The van der Waals surface area contributed by atoms with Gasteiger partial charge in [-0.1, -0.05) is 60.1 Å². The number of amides is 1. The van der Waals surface area contributed by atoms with Crippen LogP contribution in [0.3, 0.4) is 0 Å². The fraction of sp³-hybridized carbons (Fsp3) is 0.120. The highest BCUT2D eigenvalue weighted by Crippen LogP contribution is 2.32. The molecule has 4 rings (SSSR count). The average molecular weight is 449 g/mol. The van der Waals surface area contributed by atoms with Crippen LogP contribution in [-0.2, 0) is 11.4 Å². The second-order valence-electron chi connectivity index (χ2n) is 7.19. The van der Waals surface area contributed by atoms with Gasteiger partial charge in [-0.05, 0) is 61.0 Å². The van der Waals surface area contributed by atoms with E-state index >= 15 is 0 Å². The molecule has 1 saturated heterocycles. The molecule has 1 heterocycles. The van der Waals surface area contributed by atoms with Crippen molar-refractivity contribution in [1.29, 1.82) is 0 Å². The first-order valence-corrected chi connectivity index (χ1v) is 11.0. The average Bonchev–Trinajstić information content (AvgIpc) is 3.10. The number of rotatable bonds is 5. The number of hydrogen-bond donors (Lipinski definition) is 1. The predicted molar refractivity (Wildman–Crippen MR) is 129 cm³/mol. The third kappa shape index (κ3) is 5.19. The lowest BCUT2D eigenvalue weighted by Gasteiger charge is -2.10. The molecule has 1 fully saturated rings. The molecule has 0 bridgehead atoms. The molecule has 6 heteroatoms. The molecule has 31 heavy (non-hydrogen) atoms. The number of aliphatic imine (C=N–C) groups is 1. The molecule has 156 valence electrons. The van der Waals surface area contributed by atoms with Crippen LogP contribution in [-0.4, -0.2) is 11.1 Å². The summed E-state index contributed by atoms with van der Waals surface area (Å²) in [6.07, 6.45) is 1.83. The first-order valence-electron chi connectivity index (χ1n) is 9.82. The van der Waals surface area contributed by atoms with Gasteiger partial charge in [-0.15, -0.1) is 0 Å². The number of halogens is 1. The molecular formula is C25H21ClN2O2S. The zero-order chi connectivity index (χ0) is 21.8. The van der Waals surface area contributed by atoms with Crippen molar-refractivity contribution in [3.8, 4) is 5.75 Å². The van der Waals surface area contributed by atoms with Gasteiger partial charge in [-0.3, -0.25) is 4.79 Å². The molecular weight excluding hydrogens is 428 g/mol. The molecule has 1 amide bonds. The summed E-state index contributed by atoms with van der Waals surface area (Å²) in [5.41, 5.74) is 4.76. The standard InChI is InChI=1S/C25H21ClN2O2S/c1-16-11-12-17(2)21(13-16)27-25-28-24(29)23(31-25)14-18-7-4-6-10-22(18)30-15-19-8-3-5-9-20(19)26/h3-14H,15H2,1-2H3,(H,27,28,29)/b23-14-. The van der Waals surface area contributed by atoms with Crippen molar-refractivity contribution in [2.75, 3.05) is 0 Å². The highest BCUT2D eigenvalue weighted by Gasteiger charge is 2.24. The first-order chi connectivity index (χ1) is 15.0. The Morgan fingerprint density at radius 1 is 1.06 bits per heavy atom. The van der Waals surface area contributed by atoms with Gasteiger partial charge in [0.25, 0.3) is 5.91 Å². The molecule has 1 aliphatic rings. The van der Waals surface area contributed by atoms with E-state index in [4.69, 9.17) is 16.3 Å². The summed E-state index contributed by atoms with van der Waals surface area (Å²) >= 11 is 7.55. The maximum absolute atomic E-state index is 12.5. The summed E-state index contributed by atoms with van der Waals surface area (Å²) in [7, 11) is 0. The van der Waals surface area contributed by atoms with Gasteiger partial charge in [0, 0.05) is 16.1 Å². The van der Waals surface area contributed by atoms with E-state index in [1.54, 1.807) is 0 Å². The SMILES string of the molecule is Cc1ccc(C)c(N=C2NC(=O)/C(=C/c3ccccc3OCc3ccccc3Cl)S2)c1. The Morgan fingerprint density at radius 3 is 2.68 bits per heavy atom. The fourth-order valence-electron chi connectivity index (χ4n) is 3.07. The second-order valence-corrected chi connectivity index (χ2v) is 8.63. The van der Waals surface area contributed by atoms with Crippen molar-refractivity contribution < 1.29 is 9.53 Å². The quantitative estimate of drug-likeness (QED) is 0.457. The van der Waals surface area contributed by atoms with Gasteiger partial charge in [0.2, 0.25) is 0 Å². The van der Waals surface area contributed by atoms with Crippen molar-refractivity contribution >= 4 is 46.2 Å². The van der Waals surface area contributed by atoms with E-state index in [1.807, 2.05) is 86.7 Å². The largest absolute Gasteiger partial charge is 0.488 e.